The molecule has 3 saturated carbocycles. The van der Waals surface area contributed by atoms with Crippen molar-refractivity contribution in [2.75, 3.05) is 6.79 Å². The summed E-state index contributed by atoms with van der Waals surface area (Å²) in [4.78, 5) is 33.7. The summed E-state index contributed by atoms with van der Waals surface area (Å²) in [5.41, 5.74) is 1.95. The van der Waals surface area contributed by atoms with Crippen LogP contribution in [0.2, 0.25) is 0 Å². The highest BCUT2D eigenvalue weighted by Crippen LogP contribution is 2.66. The molecule has 0 heterocycles. The maximum atomic E-state index is 12.1. The van der Waals surface area contributed by atoms with E-state index in [0.29, 0.717) is 17.5 Å². The molecule has 5 nitrogen and oxygen atoms in total. The van der Waals surface area contributed by atoms with E-state index in [9.17, 15) is 14.4 Å². The third-order valence-electron chi connectivity index (χ3n) is 8.72. The Kier molecular flexibility index (Phi) is 6.38. The molecule has 1 N–H and O–H groups in total. The van der Waals surface area contributed by atoms with Crippen LogP contribution in [-0.2, 0) is 19.1 Å². The third-order valence-corrected chi connectivity index (χ3v) is 8.72. The molecule has 0 aromatic rings. The van der Waals surface area contributed by atoms with Crippen LogP contribution in [0, 0.1) is 34.5 Å². The van der Waals surface area contributed by atoms with E-state index in [1.807, 2.05) is 6.08 Å². The van der Waals surface area contributed by atoms with Crippen LogP contribution >= 0.6 is 0 Å². The van der Waals surface area contributed by atoms with Crippen LogP contribution in [0.25, 0.3) is 0 Å². The monoisotopic (exact) mass is 404 g/mol. The summed E-state index contributed by atoms with van der Waals surface area (Å²) in [6.45, 7) is 7.36. The van der Waals surface area contributed by atoms with Crippen LogP contribution in [0.15, 0.2) is 11.6 Å². The number of Topliss-reactive ketones (excluding diaryl/α,β-unsaturated/α-hetero) is 1. The van der Waals surface area contributed by atoms with E-state index in [1.165, 1.54) is 38.2 Å². The van der Waals surface area contributed by atoms with Crippen molar-refractivity contribution in [1.29, 1.82) is 0 Å². The average molecular weight is 405 g/mol. The summed E-state index contributed by atoms with van der Waals surface area (Å²) in [6, 6.07) is 0. The maximum absolute atomic E-state index is 12.1. The molecule has 0 aromatic heterocycles. The molecular weight excluding hydrogens is 368 g/mol. The number of esters is 1. The van der Waals surface area contributed by atoms with Gasteiger partial charge in [0.25, 0.3) is 0 Å². The van der Waals surface area contributed by atoms with Crippen molar-refractivity contribution in [3.63, 3.8) is 0 Å². The fourth-order valence-electron chi connectivity index (χ4n) is 7.32. The zero-order valence-electron chi connectivity index (χ0n) is 18.3. The molecule has 4 rings (SSSR count). The number of hydrogen-bond donors (Lipinski definition) is 1. The fourth-order valence-corrected chi connectivity index (χ4v) is 7.32. The number of carbonyl (C=O) groups is 3. The van der Waals surface area contributed by atoms with Gasteiger partial charge < -0.3 is 9.84 Å². The molecule has 5 heteroatoms. The third kappa shape index (κ3) is 3.95. The second-order valence-corrected chi connectivity index (χ2v) is 10.0. The Labute approximate surface area is 174 Å². The van der Waals surface area contributed by atoms with Crippen LogP contribution in [0.4, 0.5) is 0 Å². The molecule has 29 heavy (non-hydrogen) atoms. The van der Waals surface area contributed by atoms with E-state index in [2.05, 4.69) is 18.6 Å². The van der Waals surface area contributed by atoms with Gasteiger partial charge in [-0.3, -0.25) is 14.4 Å². The Hall–Kier alpha value is -1.49. The van der Waals surface area contributed by atoms with E-state index in [4.69, 9.17) is 5.11 Å². The minimum atomic E-state index is -0.519. The van der Waals surface area contributed by atoms with Gasteiger partial charge in [-0.25, -0.2) is 0 Å². The van der Waals surface area contributed by atoms with Gasteiger partial charge >= 0.3 is 5.97 Å². The fraction of sp³-hybridized carbons (Fsp3) is 0.792. The van der Waals surface area contributed by atoms with Crippen molar-refractivity contribution in [2.24, 2.45) is 34.5 Å². The Bertz CT molecular complexity index is 710. The topological polar surface area (TPSA) is 80.7 Å². The zero-order valence-corrected chi connectivity index (χ0v) is 18.3. The van der Waals surface area contributed by atoms with Gasteiger partial charge in [0.2, 0.25) is 0 Å². The number of rotatable bonds is 2. The molecule has 0 amide bonds. The van der Waals surface area contributed by atoms with Gasteiger partial charge in [0.15, 0.2) is 12.6 Å². The lowest BCUT2D eigenvalue weighted by Crippen LogP contribution is -2.51. The molecule has 0 spiro atoms. The molecule has 0 bridgehead atoms. The summed E-state index contributed by atoms with van der Waals surface area (Å²) in [6.07, 6.45) is 10.9. The van der Waals surface area contributed by atoms with Crippen molar-refractivity contribution >= 4 is 17.5 Å². The lowest BCUT2D eigenvalue weighted by molar-refractivity contribution is -0.148. The van der Waals surface area contributed by atoms with Crippen molar-refractivity contribution in [3.8, 4) is 0 Å². The first-order chi connectivity index (χ1) is 13.6. The molecule has 0 saturated heterocycles. The summed E-state index contributed by atoms with van der Waals surface area (Å²) in [5, 5.41) is 7.79. The van der Waals surface area contributed by atoms with E-state index in [0.717, 1.165) is 43.4 Å². The van der Waals surface area contributed by atoms with Crippen LogP contribution < -0.4 is 0 Å². The van der Waals surface area contributed by atoms with Gasteiger partial charge in [-0.1, -0.05) is 19.4 Å². The minimum absolute atomic E-state index is 0.245. The average Bonchev–Trinajstić information content (AvgIpc) is 3.00. The SMILES string of the molecule is CC(=O)OCO.CC(=O)[C@H]1CC[C@H]2[C@@H]3CCC4=CC(=O)CC[C@]4(C)[C@H]3CC[C@]12C. The summed E-state index contributed by atoms with van der Waals surface area (Å²) >= 11 is 0. The number of ketones is 2. The molecule has 0 radical (unpaired) electrons. The number of aliphatic hydroxyl groups is 1. The van der Waals surface area contributed by atoms with Gasteiger partial charge in [-0.05, 0) is 86.5 Å². The minimum Gasteiger partial charge on any atom is -0.439 e. The molecule has 0 unspecified atom stereocenters. The van der Waals surface area contributed by atoms with Crippen LogP contribution in [0.5, 0.6) is 0 Å². The first-order valence-corrected chi connectivity index (χ1v) is 11.1. The van der Waals surface area contributed by atoms with Crippen LogP contribution in [-0.4, -0.2) is 29.4 Å². The Balaban J connectivity index is 0.000000353. The number of ether oxygens (including phenoxy) is 1. The van der Waals surface area contributed by atoms with Gasteiger partial charge in [-0.2, -0.15) is 0 Å². The molecule has 162 valence electrons. The first-order valence-electron chi connectivity index (χ1n) is 11.1. The van der Waals surface area contributed by atoms with E-state index >= 15 is 0 Å². The molecule has 4 aliphatic rings. The Morgan fingerprint density at radius 3 is 2.38 bits per heavy atom. The molecule has 3 fully saturated rings. The largest absolute Gasteiger partial charge is 0.439 e. The second-order valence-electron chi connectivity index (χ2n) is 10.0. The van der Waals surface area contributed by atoms with E-state index < -0.39 is 12.8 Å². The maximum Gasteiger partial charge on any atom is 0.304 e. The molecule has 0 aliphatic heterocycles. The van der Waals surface area contributed by atoms with Crippen molar-refractivity contribution in [2.45, 2.75) is 79.1 Å². The molecular formula is C24H36O5. The highest BCUT2D eigenvalue weighted by molar-refractivity contribution is 5.91. The van der Waals surface area contributed by atoms with E-state index in [-0.39, 0.29) is 10.8 Å². The smallest absolute Gasteiger partial charge is 0.304 e. The highest BCUT2D eigenvalue weighted by atomic mass is 16.6. The Morgan fingerprint density at radius 1 is 1.07 bits per heavy atom. The second kappa shape index (κ2) is 8.33. The van der Waals surface area contributed by atoms with Crippen LogP contribution in [0.1, 0.15) is 79.1 Å². The van der Waals surface area contributed by atoms with Gasteiger partial charge in [0, 0.05) is 19.3 Å². The number of hydrogen-bond acceptors (Lipinski definition) is 5. The standard InChI is InChI=1S/C21H30O2.C3H6O3/c1-13(22)17-6-7-18-16-5-4-14-12-15(23)8-10-20(14,2)19(16)9-11-21(17,18)3;1-3(5)6-2-4/h12,16-19H,4-11H2,1-3H3;4H,2H2,1H3/t16-,17+,18-,19-,20-,21+;/m0./s1. The lowest BCUT2D eigenvalue weighted by Gasteiger charge is -2.58. The summed E-state index contributed by atoms with van der Waals surface area (Å²) in [7, 11) is 0. The summed E-state index contributed by atoms with van der Waals surface area (Å²) in [5.74, 6) is 2.83. The zero-order chi connectivity index (χ0) is 21.4. The quantitative estimate of drug-likeness (QED) is 0.550. The van der Waals surface area contributed by atoms with Gasteiger partial charge in [0.05, 0.1) is 0 Å². The number of fused-ring (bicyclic) bond motifs is 5. The first kappa shape index (κ1) is 22.2. The number of allylic oxidation sites excluding steroid dienone is 1. The molecule has 4 aliphatic carbocycles. The van der Waals surface area contributed by atoms with Gasteiger partial charge in [0.1, 0.15) is 5.78 Å². The number of aliphatic hydroxyl groups excluding tert-OH is 1. The normalized spacial score (nSPS) is 40.4. The van der Waals surface area contributed by atoms with Crippen molar-refractivity contribution < 1.29 is 24.2 Å². The predicted molar refractivity (Wildman–Crippen MR) is 110 cm³/mol. The highest BCUT2D eigenvalue weighted by Gasteiger charge is 2.59. The lowest BCUT2D eigenvalue weighted by atomic mass is 9.47. The van der Waals surface area contributed by atoms with Crippen molar-refractivity contribution in [3.05, 3.63) is 11.6 Å². The van der Waals surface area contributed by atoms with Crippen LogP contribution in [0.3, 0.4) is 0 Å². The predicted octanol–water partition coefficient (Wildman–Crippen LogP) is 4.22. The Morgan fingerprint density at radius 2 is 1.79 bits per heavy atom. The van der Waals surface area contributed by atoms with Gasteiger partial charge in [-0.15, -0.1) is 0 Å². The van der Waals surface area contributed by atoms with Crippen molar-refractivity contribution in [1.82, 2.24) is 0 Å². The molecule has 6 atom stereocenters. The molecule has 0 aromatic carbocycles. The number of carbonyl (C=O) groups excluding carboxylic acids is 3. The summed E-state index contributed by atoms with van der Waals surface area (Å²) < 4.78 is 3.96. The van der Waals surface area contributed by atoms with E-state index in [1.54, 1.807) is 6.92 Å².